The van der Waals surface area contributed by atoms with E-state index < -0.39 is 11.6 Å². The molecule has 0 aliphatic carbocycles. The number of ether oxygens (including phenoxy) is 1. The minimum atomic E-state index is -1.11. The molecule has 0 saturated carbocycles. The van der Waals surface area contributed by atoms with Gasteiger partial charge in [0.25, 0.3) is 5.91 Å². The highest BCUT2D eigenvalue weighted by atomic mass is 16.5. The van der Waals surface area contributed by atoms with Crippen molar-refractivity contribution in [3.05, 3.63) is 83.4 Å². The molecule has 0 aromatic heterocycles. The number of imide groups is 1. The second-order valence-corrected chi connectivity index (χ2v) is 9.75. The number of unbranched alkanes of at least 4 members (excludes halogenated alkanes) is 4. The summed E-state index contributed by atoms with van der Waals surface area (Å²) >= 11 is 0. The lowest BCUT2D eigenvalue weighted by atomic mass is 9.84. The van der Waals surface area contributed by atoms with E-state index in [2.05, 4.69) is 10.1 Å². The van der Waals surface area contributed by atoms with Gasteiger partial charge in [0.15, 0.2) is 0 Å². The van der Waals surface area contributed by atoms with Crippen LogP contribution in [0.1, 0.15) is 61.6 Å². The first kappa shape index (κ1) is 26.9. The Bertz CT molecular complexity index is 1340. The lowest BCUT2D eigenvalue weighted by Crippen LogP contribution is -2.44. The van der Waals surface area contributed by atoms with Gasteiger partial charge in [0.1, 0.15) is 11.4 Å². The molecule has 0 radical (unpaired) electrons. The third kappa shape index (κ3) is 5.85. The molecule has 8 nitrogen and oxygen atoms in total. The SMILES string of the molecule is COC(=O)CCCCCCCC1(c2ccccc2)NC(=O)N(Cc2ccc3ccc(C(=N)N)cc3c2)C1=O. The highest BCUT2D eigenvalue weighted by Gasteiger charge is 2.51. The van der Waals surface area contributed by atoms with Crippen LogP contribution in [-0.4, -0.2) is 35.8 Å². The molecule has 3 aromatic carbocycles. The summed E-state index contributed by atoms with van der Waals surface area (Å²) in [5, 5.41) is 12.6. The molecular formula is C30H34N4O4. The minimum Gasteiger partial charge on any atom is -0.469 e. The molecule has 1 fully saturated rings. The zero-order chi connectivity index (χ0) is 27.1. The molecule has 8 heteroatoms. The molecule has 1 saturated heterocycles. The Kier molecular flexibility index (Phi) is 8.41. The van der Waals surface area contributed by atoms with E-state index in [0.717, 1.165) is 54.0 Å². The number of methoxy groups -OCH3 is 1. The molecule has 0 bridgehead atoms. The summed E-state index contributed by atoms with van der Waals surface area (Å²) in [6.07, 6.45) is 5.19. The van der Waals surface area contributed by atoms with E-state index in [-0.39, 0.29) is 24.3 Å². The highest BCUT2D eigenvalue weighted by molar-refractivity contribution is 6.07. The van der Waals surface area contributed by atoms with Crippen LogP contribution in [0.4, 0.5) is 4.79 Å². The number of nitrogens with zero attached hydrogens (tertiary/aromatic N) is 1. The summed E-state index contributed by atoms with van der Waals surface area (Å²) < 4.78 is 4.68. The molecular weight excluding hydrogens is 480 g/mol. The van der Waals surface area contributed by atoms with Gasteiger partial charge in [-0.15, -0.1) is 0 Å². The third-order valence-electron chi connectivity index (χ3n) is 7.16. The van der Waals surface area contributed by atoms with Crippen molar-refractivity contribution in [1.29, 1.82) is 5.41 Å². The molecule has 1 heterocycles. The summed E-state index contributed by atoms with van der Waals surface area (Å²) in [4.78, 5) is 39.6. The molecule has 1 aliphatic rings. The predicted octanol–water partition coefficient (Wildman–Crippen LogP) is 4.97. The average molecular weight is 515 g/mol. The maximum Gasteiger partial charge on any atom is 0.325 e. The van der Waals surface area contributed by atoms with Crippen LogP contribution in [0, 0.1) is 5.41 Å². The van der Waals surface area contributed by atoms with Crippen LogP contribution < -0.4 is 11.1 Å². The van der Waals surface area contributed by atoms with Crippen molar-refractivity contribution in [2.75, 3.05) is 7.11 Å². The van der Waals surface area contributed by atoms with Crippen LogP contribution in [0.25, 0.3) is 10.8 Å². The number of benzene rings is 3. The normalized spacial score (nSPS) is 17.0. The standard InChI is InChI=1S/C30H34N4O4/c1-38-26(35)12-8-3-2-4-9-17-30(25-10-6-5-7-11-25)28(36)34(29(37)33-30)20-21-13-14-22-15-16-23(27(31)32)19-24(22)18-21/h5-7,10-11,13-16,18-19H,2-4,8-9,12,17,20H2,1H3,(H3,31,32)(H,33,37). The minimum absolute atomic E-state index is 0.0116. The zero-order valence-electron chi connectivity index (χ0n) is 21.7. The Hall–Kier alpha value is -4.20. The topological polar surface area (TPSA) is 126 Å². The van der Waals surface area contributed by atoms with E-state index in [1.54, 1.807) is 6.07 Å². The van der Waals surface area contributed by atoms with Crippen LogP contribution in [-0.2, 0) is 26.4 Å². The van der Waals surface area contributed by atoms with E-state index in [4.69, 9.17) is 11.1 Å². The first-order chi connectivity index (χ1) is 18.3. The summed E-state index contributed by atoms with van der Waals surface area (Å²) in [6, 6.07) is 20.3. The number of urea groups is 1. The largest absolute Gasteiger partial charge is 0.469 e. The second-order valence-electron chi connectivity index (χ2n) is 9.75. The van der Waals surface area contributed by atoms with Crippen molar-refractivity contribution in [3.63, 3.8) is 0 Å². The number of amidine groups is 1. The molecule has 1 unspecified atom stereocenters. The lowest BCUT2D eigenvalue weighted by Gasteiger charge is -2.27. The zero-order valence-corrected chi connectivity index (χ0v) is 21.7. The molecule has 4 rings (SSSR count). The summed E-state index contributed by atoms with van der Waals surface area (Å²) in [5.41, 5.74) is 6.75. The smallest absolute Gasteiger partial charge is 0.325 e. The number of carbonyl (C=O) groups excluding carboxylic acids is 3. The van der Waals surface area contributed by atoms with Crippen molar-refractivity contribution in [1.82, 2.24) is 10.2 Å². The molecule has 3 amide bonds. The van der Waals surface area contributed by atoms with Gasteiger partial charge in [-0.3, -0.25) is 19.9 Å². The summed E-state index contributed by atoms with van der Waals surface area (Å²) in [7, 11) is 1.39. The van der Waals surface area contributed by atoms with Crippen molar-refractivity contribution < 1.29 is 19.1 Å². The van der Waals surface area contributed by atoms with Crippen molar-refractivity contribution in [2.45, 2.75) is 57.0 Å². The van der Waals surface area contributed by atoms with Crippen LogP contribution in [0.2, 0.25) is 0 Å². The number of hydrogen-bond donors (Lipinski definition) is 3. The van der Waals surface area contributed by atoms with Crippen LogP contribution >= 0.6 is 0 Å². The van der Waals surface area contributed by atoms with Gasteiger partial charge in [0.05, 0.1) is 13.7 Å². The fourth-order valence-corrected chi connectivity index (χ4v) is 5.04. The van der Waals surface area contributed by atoms with Crippen molar-refractivity contribution in [2.24, 2.45) is 5.73 Å². The van der Waals surface area contributed by atoms with Gasteiger partial charge in [-0.25, -0.2) is 4.79 Å². The molecule has 1 aliphatic heterocycles. The Morgan fingerprint density at radius 3 is 2.39 bits per heavy atom. The van der Waals surface area contributed by atoms with Gasteiger partial charge in [0.2, 0.25) is 0 Å². The van der Waals surface area contributed by atoms with Gasteiger partial charge in [-0.2, -0.15) is 0 Å². The van der Waals surface area contributed by atoms with Gasteiger partial charge in [-0.05, 0) is 46.9 Å². The first-order valence-corrected chi connectivity index (χ1v) is 13.0. The van der Waals surface area contributed by atoms with E-state index in [1.807, 2.05) is 60.7 Å². The van der Waals surface area contributed by atoms with E-state index in [0.29, 0.717) is 18.4 Å². The monoisotopic (exact) mass is 514 g/mol. The number of esters is 1. The second kappa shape index (κ2) is 11.9. The molecule has 198 valence electrons. The van der Waals surface area contributed by atoms with Gasteiger partial charge >= 0.3 is 12.0 Å². The number of carbonyl (C=O) groups is 3. The van der Waals surface area contributed by atoms with Gasteiger partial charge < -0.3 is 15.8 Å². The maximum absolute atomic E-state index is 13.9. The molecule has 4 N–H and O–H groups in total. The van der Waals surface area contributed by atoms with Crippen LogP contribution in [0.3, 0.4) is 0 Å². The first-order valence-electron chi connectivity index (χ1n) is 13.0. The quantitative estimate of drug-likeness (QED) is 0.103. The highest BCUT2D eigenvalue weighted by Crippen LogP contribution is 2.35. The number of nitrogens with one attached hydrogen (secondary N) is 2. The molecule has 1 atom stereocenters. The number of rotatable bonds is 12. The number of hydrogen-bond acceptors (Lipinski definition) is 5. The van der Waals surface area contributed by atoms with Gasteiger partial charge in [0, 0.05) is 12.0 Å². The fourth-order valence-electron chi connectivity index (χ4n) is 5.04. The predicted molar refractivity (Wildman–Crippen MR) is 147 cm³/mol. The van der Waals surface area contributed by atoms with Crippen molar-refractivity contribution in [3.8, 4) is 0 Å². The van der Waals surface area contributed by atoms with Crippen LogP contribution in [0.5, 0.6) is 0 Å². The fraction of sp³-hybridized carbons (Fsp3) is 0.333. The van der Waals surface area contributed by atoms with Gasteiger partial charge in [-0.1, -0.05) is 80.3 Å². The average Bonchev–Trinajstić information content (AvgIpc) is 3.17. The maximum atomic E-state index is 13.9. The Morgan fingerprint density at radius 2 is 1.66 bits per heavy atom. The molecule has 38 heavy (non-hydrogen) atoms. The van der Waals surface area contributed by atoms with Crippen molar-refractivity contribution >= 4 is 34.5 Å². The Morgan fingerprint density at radius 1 is 0.947 bits per heavy atom. The third-order valence-corrected chi connectivity index (χ3v) is 7.16. The summed E-state index contributed by atoms with van der Waals surface area (Å²) in [5.74, 6) is -0.461. The number of fused-ring (bicyclic) bond motifs is 1. The van der Waals surface area contributed by atoms with E-state index in [9.17, 15) is 14.4 Å². The lowest BCUT2D eigenvalue weighted by molar-refractivity contribution is -0.140. The number of nitrogens with two attached hydrogens (primary N) is 1. The van der Waals surface area contributed by atoms with E-state index >= 15 is 0 Å². The number of nitrogen functional groups attached to an aromatic ring is 1. The van der Waals surface area contributed by atoms with Crippen LogP contribution in [0.15, 0.2) is 66.7 Å². The van der Waals surface area contributed by atoms with E-state index in [1.165, 1.54) is 12.0 Å². The number of amides is 3. The molecule has 0 spiro atoms. The Balaban J connectivity index is 1.48. The summed E-state index contributed by atoms with van der Waals surface area (Å²) in [6.45, 7) is 0.146. The Labute approximate surface area is 222 Å². The molecule has 3 aromatic rings.